The van der Waals surface area contributed by atoms with Crippen LogP contribution in [0, 0.1) is 0 Å². The van der Waals surface area contributed by atoms with E-state index in [1.165, 1.54) is 10.4 Å². The smallest absolute Gasteiger partial charge is 0.423 e. The van der Waals surface area contributed by atoms with Gasteiger partial charge in [-0.2, -0.15) is 4.31 Å². The lowest BCUT2D eigenvalue weighted by Crippen LogP contribution is -2.51. The number of amides is 2. The fraction of sp³-hybridized carbons (Fsp3) is 0.275. The van der Waals surface area contributed by atoms with Crippen molar-refractivity contribution in [3.63, 3.8) is 0 Å². The first-order valence-electron chi connectivity index (χ1n) is 39.4. The lowest BCUT2D eigenvalue weighted by Gasteiger charge is -2.32. The van der Waals surface area contributed by atoms with Crippen molar-refractivity contribution in [1.29, 1.82) is 0 Å². The minimum Gasteiger partial charge on any atom is -0.423 e. The fourth-order valence-corrected chi connectivity index (χ4v) is 17.2. The summed E-state index contributed by atoms with van der Waals surface area (Å²) in [4.78, 5) is 39.8. The molecule has 1 aliphatic carbocycles. The Labute approximate surface area is 667 Å². The molecule has 113 heavy (non-hydrogen) atoms. The molecule has 3 atom stereocenters. The van der Waals surface area contributed by atoms with Crippen LogP contribution in [0.25, 0.3) is 54.2 Å². The molecule has 12 aromatic rings. The summed E-state index contributed by atoms with van der Waals surface area (Å²) in [7, 11) is -6.39. The Morgan fingerprint density at radius 3 is 1.50 bits per heavy atom. The van der Waals surface area contributed by atoms with Crippen molar-refractivity contribution in [2.45, 2.75) is 124 Å². The number of hydrogen-bond acceptors (Lipinski definition) is 15. The highest BCUT2D eigenvalue weighted by molar-refractivity contribution is 7.89. The summed E-state index contributed by atoms with van der Waals surface area (Å²) < 4.78 is 40.5. The van der Waals surface area contributed by atoms with E-state index in [9.17, 15) is 30.1 Å². The van der Waals surface area contributed by atoms with Gasteiger partial charge in [0.25, 0.3) is 5.91 Å². The van der Waals surface area contributed by atoms with E-state index in [2.05, 4.69) is 76.2 Å². The van der Waals surface area contributed by atoms with E-state index in [-0.39, 0.29) is 75.2 Å². The summed E-state index contributed by atoms with van der Waals surface area (Å²) in [6, 6.07) is 78.0. The molecule has 0 spiro atoms. The van der Waals surface area contributed by atoms with Gasteiger partial charge >= 0.3 is 21.4 Å². The van der Waals surface area contributed by atoms with Crippen LogP contribution in [0.3, 0.4) is 0 Å². The van der Waals surface area contributed by atoms with Crippen molar-refractivity contribution in [1.82, 2.24) is 29.6 Å². The minimum atomic E-state index is -4.60. The number of rotatable bonds is 28. The second-order valence-electron chi connectivity index (χ2n) is 27.6. The van der Waals surface area contributed by atoms with Crippen LogP contribution < -0.4 is 31.9 Å². The molecule has 8 N–H and O–H groups in total. The number of carbonyl (C=O) groups excluding carboxylic acids is 2. The van der Waals surface area contributed by atoms with E-state index < -0.39 is 68.0 Å². The average molecular weight is 1540 g/mol. The number of likely N-dealkylation sites (tertiary alicyclic amines) is 1. The third kappa shape index (κ3) is 20.0. The predicted octanol–water partition coefficient (Wildman–Crippen LogP) is 11.9. The molecule has 1 saturated heterocycles. The molecule has 0 saturated carbocycles. The minimum absolute atomic E-state index is 0.00222. The molecule has 1 heterocycles. The second kappa shape index (κ2) is 40.7. The van der Waals surface area contributed by atoms with Crippen LogP contribution in [-0.2, 0) is 57.1 Å². The summed E-state index contributed by atoms with van der Waals surface area (Å²) in [5.41, 5.74) is 9.19. The van der Waals surface area contributed by atoms with Gasteiger partial charge < -0.3 is 50.4 Å². The number of fused-ring (bicyclic) bond motifs is 7. The van der Waals surface area contributed by atoms with E-state index in [1.54, 1.807) is 71.6 Å². The van der Waals surface area contributed by atoms with Crippen LogP contribution in [0.1, 0.15) is 107 Å². The Balaban J connectivity index is 0.00000164. The van der Waals surface area contributed by atoms with E-state index in [0.29, 0.717) is 44.9 Å². The van der Waals surface area contributed by atoms with Gasteiger partial charge in [0, 0.05) is 88.3 Å². The first-order valence-corrected chi connectivity index (χ1v) is 40.8. The van der Waals surface area contributed by atoms with Gasteiger partial charge in [0.2, 0.25) is 15.9 Å². The van der Waals surface area contributed by atoms with Crippen LogP contribution in [0.4, 0.5) is 5.69 Å². The fourth-order valence-electron chi connectivity index (χ4n) is 15.6. The number of benzene rings is 12. The number of nitrogens with one attached hydrogen (secondary N) is 2. The number of sulfonamides is 1. The number of anilines is 1. The molecular formula is C91H106B3N7O11S. The molecule has 0 bridgehead atoms. The molecule has 2 aliphatic rings. The molecule has 586 valence electrons. The van der Waals surface area contributed by atoms with Gasteiger partial charge in [0.1, 0.15) is 6.10 Å². The highest BCUT2D eigenvalue weighted by Gasteiger charge is 2.43. The molecule has 1 unspecified atom stereocenters. The van der Waals surface area contributed by atoms with Gasteiger partial charge in [0.15, 0.2) is 0 Å². The molecule has 0 aromatic heterocycles. The van der Waals surface area contributed by atoms with Gasteiger partial charge in [-0.15, -0.1) is 0 Å². The Kier molecular flexibility index (Phi) is 30.8. The zero-order chi connectivity index (χ0) is 80.9. The van der Waals surface area contributed by atoms with Crippen molar-refractivity contribution < 1.29 is 52.9 Å². The van der Waals surface area contributed by atoms with Gasteiger partial charge in [-0.3, -0.25) is 24.3 Å². The Morgan fingerprint density at radius 1 is 0.487 bits per heavy atom. The SMILES string of the molecule is CC.CC.CC.CC.CN(C)c1cccc2c(S(=O)(=O)N(Cc3ccccc3B(O)O)CN3C[C@@H](NC(=O)C(CN(Cc4ccccc4B(O)O)Cc4cccc5ccccc45)OCC4c5ccccc5-c5ccccc54)C[C@H]3C(=O)NCN(Cc3ccccc3B(O)O)Cc3c4ccccc4cc4ccccc34)cccc12. The van der Waals surface area contributed by atoms with Gasteiger partial charge in [-0.05, 0) is 123 Å². The average Bonchev–Trinajstić information content (AvgIpc) is 1.37. The Morgan fingerprint density at radius 2 is 0.929 bits per heavy atom. The monoisotopic (exact) mass is 1540 g/mol. The lowest BCUT2D eigenvalue weighted by molar-refractivity contribution is -0.135. The number of hydrogen-bond donors (Lipinski definition) is 8. The number of ether oxygens (including phenoxy) is 1. The highest BCUT2D eigenvalue weighted by Crippen LogP contribution is 2.45. The highest BCUT2D eigenvalue weighted by atomic mass is 32.2. The maximum absolute atomic E-state index is 16.1. The first-order chi connectivity index (χ1) is 54.9. The summed E-state index contributed by atoms with van der Waals surface area (Å²) in [6.45, 7) is 16.1. The predicted molar refractivity (Wildman–Crippen MR) is 462 cm³/mol. The summed E-state index contributed by atoms with van der Waals surface area (Å²) in [5.74, 6) is -1.25. The van der Waals surface area contributed by atoms with E-state index in [0.717, 1.165) is 71.4 Å². The molecule has 14 rings (SSSR count). The zero-order valence-corrected chi connectivity index (χ0v) is 67.3. The molecule has 1 fully saturated rings. The van der Waals surface area contributed by atoms with Crippen LogP contribution in [0.15, 0.2) is 260 Å². The molecule has 18 nitrogen and oxygen atoms in total. The van der Waals surface area contributed by atoms with Crippen LogP contribution >= 0.6 is 0 Å². The van der Waals surface area contributed by atoms with E-state index in [1.807, 2.05) is 201 Å². The molecule has 1 aliphatic heterocycles. The maximum Gasteiger partial charge on any atom is 0.488 e. The standard InChI is InChI=1S/C83H82B3N7O11S.4C2H6/c1-89(2)78-42-20-38-72-71(78)37-21-43-81(72)105(102,103)93(49-62-27-8-18-41-77(62)86(100)101)55-92-50-63(45-79(92)82(94)87-54-91(48-61-26-7-17-40-76(61)85(98)99)51-73-65-31-10-4-23-57(65)44-58-24-5-11-32-66(58)73)88-83(95)80(104-53-74-69-35-14-12-33-67(69)68-34-13-15-36-70(68)74)52-90(47-60-25-6-16-39-75(60)84(96)97)46-59-29-19-28-56-22-3-9-30-64(56)59;4*1-2/h3-44,63,74,79-80,96-101H,45-55H2,1-2H3,(H,87,94)(H,88,95);4*1-2H3/t63-,79-,80?;;;;/m0..../s1. The van der Waals surface area contributed by atoms with E-state index >= 15 is 18.0 Å². The zero-order valence-electron chi connectivity index (χ0n) is 66.4. The first kappa shape index (κ1) is 85.6. The van der Waals surface area contributed by atoms with Crippen molar-refractivity contribution in [3.8, 4) is 11.1 Å². The van der Waals surface area contributed by atoms with Gasteiger partial charge in [0.05, 0.1) is 30.9 Å². The van der Waals surface area contributed by atoms with Gasteiger partial charge in [-0.1, -0.05) is 292 Å². The Hall–Kier alpha value is -9.88. The summed E-state index contributed by atoms with van der Waals surface area (Å²) in [5, 5.41) is 78.5. The van der Waals surface area contributed by atoms with Crippen molar-refractivity contribution in [2.24, 2.45) is 0 Å². The molecule has 12 aromatic carbocycles. The number of carbonyl (C=O) groups is 2. The third-order valence-electron chi connectivity index (χ3n) is 20.6. The molecule has 22 heteroatoms. The maximum atomic E-state index is 16.1. The summed E-state index contributed by atoms with van der Waals surface area (Å²) in [6.07, 6.45) is -1.22. The van der Waals surface area contributed by atoms with Crippen LogP contribution in [-0.4, -0.2) is 156 Å². The van der Waals surface area contributed by atoms with Crippen molar-refractivity contribution >= 4 is 108 Å². The second-order valence-corrected chi connectivity index (χ2v) is 29.5. The topological polar surface area (TPSA) is 239 Å². The van der Waals surface area contributed by atoms with Crippen LogP contribution in [0.2, 0.25) is 0 Å². The Bertz CT molecular complexity index is 5180. The summed E-state index contributed by atoms with van der Waals surface area (Å²) >= 11 is 0. The molecule has 2 amide bonds. The normalized spacial score (nSPS) is 14.0. The molecular weight excluding hydrogens is 1430 g/mol. The van der Waals surface area contributed by atoms with E-state index in [4.69, 9.17) is 4.74 Å². The quantitative estimate of drug-likeness (QED) is 0.0129. The van der Waals surface area contributed by atoms with Crippen molar-refractivity contribution in [3.05, 3.63) is 294 Å². The van der Waals surface area contributed by atoms with Crippen molar-refractivity contribution in [2.75, 3.05) is 52.0 Å². The third-order valence-corrected chi connectivity index (χ3v) is 22.5. The molecule has 0 radical (unpaired) electrons. The van der Waals surface area contributed by atoms with Crippen LogP contribution in [0.5, 0.6) is 0 Å². The lowest BCUT2D eigenvalue weighted by atomic mass is 9.77. The largest absolute Gasteiger partial charge is 0.488 e. The number of nitrogens with zero attached hydrogens (tertiary/aromatic N) is 5. The van der Waals surface area contributed by atoms with Gasteiger partial charge in [-0.25, -0.2) is 8.42 Å².